The molecule has 0 spiro atoms. The van der Waals surface area contributed by atoms with Crippen molar-refractivity contribution in [2.75, 3.05) is 6.54 Å². The Kier molecular flexibility index (Phi) is 4.10. The zero-order chi connectivity index (χ0) is 14.9. The Morgan fingerprint density at radius 3 is 2.70 bits per heavy atom. The molecule has 6 nitrogen and oxygen atoms in total. The lowest BCUT2D eigenvalue weighted by Gasteiger charge is -2.17. The van der Waals surface area contributed by atoms with Gasteiger partial charge in [-0.25, -0.2) is 9.78 Å². The summed E-state index contributed by atoms with van der Waals surface area (Å²) in [5, 5.41) is 21.7. The van der Waals surface area contributed by atoms with Crippen LogP contribution in [0.2, 0.25) is 0 Å². The Morgan fingerprint density at radius 2 is 2.15 bits per heavy atom. The van der Waals surface area contributed by atoms with Gasteiger partial charge in [0.1, 0.15) is 4.88 Å². The molecule has 0 aliphatic heterocycles. The molecule has 0 saturated heterocycles. The Bertz CT molecular complexity index is 534. The van der Waals surface area contributed by atoms with Crippen LogP contribution in [-0.2, 0) is 11.2 Å². The van der Waals surface area contributed by atoms with Crippen molar-refractivity contribution >= 4 is 23.2 Å². The van der Waals surface area contributed by atoms with E-state index < -0.39 is 11.6 Å². The molecule has 1 atom stereocenters. The summed E-state index contributed by atoms with van der Waals surface area (Å²) in [6.07, 6.45) is 3.36. The predicted molar refractivity (Wildman–Crippen MR) is 73.9 cm³/mol. The maximum absolute atomic E-state index is 12.0. The van der Waals surface area contributed by atoms with Crippen molar-refractivity contribution in [2.45, 2.75) is 38.7 Å². The number of aliphatic carboxylic acids is 1. The van der Waals surface area contributed by atoms with Gasteiger partial charge in [-0.1, -0.05) is 0 Å². The maximum Gasteiger partial charge on any atom is 0.337 e. The molecule has 20 heavy (non-hydrogen) atoms. The summed E-state index contributed by atoms with van der Waals surface area (Å²) >= 11 is 1.34. The second-order valence-corrected chi connectivity index (χ2v) is 6.51. The molecule has 1 aliphatic carbocycles. The summed E-state index contributed by atoms with van der Waals surface area (Å²) in [6, 6.07) is 0. The highest BCUT2D eigenvalue weighted by atomic mass is 32.1. The number of carbonyl (C=O) groups excluding carboxylic acids is 1. The number of nitrogens with zero attached hydrogens (tertiary/aromatic N) is 1. The minimum absolute atomic E-state index is 0.337. The standard InChI is InChI=1S/C13H18N2O4S/c1-7-10(20-9(15-7)5-8-3-4-8)11(16)14-6-13(2,19)12(17)18/h8,19H,3-6H2,1-2H3,(H,14,16)(H,17,18). The van der Waals surface area contributed by atoms with Crippen LogP contribution in [0.1, 0.15) is 40.1 Å². The first kappa shape index (κ1) is 14.9. The molecule has 1 aromatic rings. The molecule has 1 unspecified atom stereocenters. The number of carboxylic acid groups (broad SMARTS) is 1. The van der Waals surface area contributed by atoms with Crippen LogP contribution in [0.5, 0.6) is 0 Å². The van der Waals surface area contributed by atoms with Crippen LogP contribution in [0.4, 0.5) is 0 Å². The molecule has 7 heteroatoms. The van der Waals surface area contributed by atoms with Gasteiger partial charge >= 0.3 is 5.97 Å². The van der Waals surface area contributed by atoms with Crippen LogP contribution < -0.4 is 5.32 Å². The van der Waals surface area contributed by atoms with Crippen molar-refractivity contribution in [1.29, 1.82) is 0 Å². The first-order valence-corrected chi connectivity index (χ1v) is 7.31. The van der Waals surface area contributed by atoms with Crippen LogP contribution in [0.15, 0.2) is 0 Å². The number of rotatable bonds is 6. The third-order valence-corrected chi connectivity index (χ3v) is 4.44. The average Bonchev–Trinajstić information content (AvgIpc) is 3.09. The fourth-order valence-corrected chi connectivity index (χ4v) is 2.82. The Hall–Kier alpha value is -1.47. The second-order valence-electron chi connectivity index (χ2n) is 5.43. The monoisotopic (exact) mass is 298 g/mol. The molecule has 110 valence electrons. The summed E-state index contributed by atoms with van der Waals surface area (Å²) in [7, 11) is 0. The van der Waals surface area contributed by atoms with Crippen LogP contribution >= 0.6 is 11.3 Å². The average molecular weight is 298 g/mol. The summed E-state index contributed by atoms with van der Waals surface area (Å²) in [5.41, 5.74) is -1.32. The van der Waals surface area contributed by atoms with Gasteiger partial charge in [-0.15, -0.1) is 11.3 Å². The number of amides is 1. The van der Waals surface area contributed by atoms with Crippen molar-refractivity contribution in [3.8, 4) is 0 Å². The summed E-state index contributed by atoms with van der Waals surface area (Å²) in [6.45, 7) is 2.57. The molecule has 3 N–H and O–H groups in total. The summed E-state index contributed by atoms with van der Waals surface area (Å²) < 4.78 is 0. The van der Waals surface area contributed by atoms with Gasteiger partial charge in [0.25, 0.3) is 5.91 Å². The smallest absolute Gasteiger partial charge is 0.337 e. The maximum atomic E-state index is 12.0. The van der Waals surface area contributed by atoms with Gasteiger partial charge in [0.05, 0.1) is 17.2 Å². The number of hydrogen-bond donors (Lipinski definition) is 3. The van der Waals surface area contributed by atoms with E-state index >= 15 is 0 Å². The molecule has 0 bridgehead atoms. The van der Waals surface area contributed by atoms with E-state index in [1.807, 2.05) is 0 Å². The van der Waals surface area contributed by atoms with E-state index in [1.165, 1.54) is 24.2 Å². The molecule has 1 saturated carbocycles. The van der Waals surface area contributed by atoms with Crippen LogP contribution in [0, 0.1) is 12.8 Å². The molecule has 1 aliphatic rings. The molecule has 0 aromatic carbocycles. The highest BCUT2D eigenvalue weighted by Crippen LogP contribution is 2.34. The third kappa shape index (κ3) is 3.55. The van der Waals surface area contributed by atoms with Crippen molar-refractivity contribution in [1.82, 2.24) is 10.3 Å². The number of aromatic nitrogens is 1. The first-order chi connectivity index (χ1) is 9.29. The van der Waals surface area contributed by atoms with Gasteiger partial charge in [0.2, 0.25) is 0 Å². The second kappa shape index (κ2) is 5.49. The minimum atomic E-state index is -1.97. The van der Waals surface area contributed by atoms with Crippen molar-refractivity contribution in [3.63, 3.8) is 0 Å². The van der Waals surface area contributed by atoms with Gasteiger partial charge in [-0.2, -0.15) is 0 Å². The largest absolute Gasteiger partial charge is 0.479 e. The van der Waals surface area contributed by atoms with Crippen molar-refractivity contribution in [3.05, 3.63) is 15.6 Å². The number of carbonyl (C=O) groups is 2. The lowest BCUT2D eigenvalue weighted by atomic mass is 10.1. The molecular weight excluding hydrogens is 280 g/mol. The Morgan fingerprint density at radius 1 is 1.50 bits per heavy atom. The quantitative estimate of drug-likeness (QED) is 0.726. The number of thiazole rings is 1. The first-order valence-electron chi connectivity index (χ1n) is 6.50. The Labute approximate surface area is 120 Å². The fourth-order valence-electron chi connectivity index (χ4n) is 1.73. The number of aryl methyl sites for hydroxylation is 1. The highest BCUT2D eigenvalue weighted by molar-refractivity contribution is 7.13. The molecule has 0 radical (unpaired) electrons. The van der Waals surface area contributed by atoms with Crippen molar-refractivity contribution in [2.24, 2.45) is 5.92 Å². The number of hydrogen-bond acceptors (Lipinski definition) is 5. The van der Waals surface area contributed by atoms with Gasteiger partial charge in [-0.3, -0.25) is 4.79 Å². The zero-order valence-corrected chi connectivity index (χ0v) is 12.3. The SMILES string of the molecule is Cc1nc(CC2CC2)sc1C(=O)NCC(C)(O)C(=O)O. The Balaban J connectivity index is 1.98. The molecule has 1 amide bonds. The topological polar surface area (TPSA) is 99.5 Å². The number of carboxylic acids is 1. The van der Waals surface area contributed by atoms with Gasteiger partial charge in [0.15, 0.2) is 5.60 Å². The van der Waals surface area contributed by atoms with E-state index in [0.29, 0.717) is 16.5 Å². The number of aliphatic hydroxyl groups is 1. The van der Waals surface area contributed by atoms with Gasteiger partial charge in [-0.05, 0) is 32.6 Å². The van der Waals surface area contributed by atoms with Gasteiger partial charge < -0.3 is 15.5 Å². The predicted octanol–water partition coefficient (Wildman–Crippen LogP) is 0.969. The molecular formula is C13H18N2O4S. The molecule has 2 rings (SSSR count). The number of nitrogens with one attached hydrogen (secondary N) is 1. The van der Waals surface area contributed by atoms with E-state index in [2.05, 4.69) is 10.3 Å². The van der Waals surface area contributed by atoms with Gasteiger partial charge in [0, 0.05) is 6.42 Å². The van der Waals surface area contributed by atoms with Crippen LogP contribution in [0.25, 0.3) is 0 Å². The summed E-state index contributed by atoms with van der Waals surface area (Å²) in [5.74, 6) is -1.05. The van der Waals surface area contributed by atoms with E-state index in [4.69, 9.17) is 5.11 Å². The van der Waals surface area contributed by atoms with Crippen LogP contribution in [0.3, 0.4) is 0 Å². The molecule has 1 fully saturated rings. The fraction of sp³-hybridized carbons (Fsp3) is 0.615. The minimum Gasteiger partial charge on any atom is -0.479 e. The van der Waals surface area contributed by atoms with E-state index in [1.54, 1.807) is 6.92 Å². The van der Waals surface area contributed by atoms with E-state index in [9.17, 15) is 14.7 Å². The van der Waals surface area contributed by atoms with Crippen molar-refractivity contribution < 1.29 is 19.8 Å². The lowest BCUT2D eigenvalue weighted by Crippen LogP contribution is -2.46. The van der Waals surface area contributed by atoms with Crippen LogP contribution in [-0.4, -0.2) is 39.2 Å². The third-order valence-electron chi connectivity index (χ3n) is 3.26. The van der Waals surface area contributed by atoms with E-state index in [-0.39, 0.29) is 12.5 Å². The highest BCUT2D eigenvalue weighted by Gasteiger charge is 2.31. The normalized spacial score (nSPS) is 17.6. The summed E-state index contributed by atoms with van der Waals surface area (Å²) in [4.78, 5) is 27.6. The van der Waals surface area contributed by atoms with E-state index in [0.717, 1.165) is 18.4 Å². The molecule has 1 aromatic heterocycles. The zero-order valence-electron chi connectivity index (χ0n) is 11.5. The molecule has 1 heterocycles. The lowest BCUT2D eigenvalue weighted by molar-refractivity contribution is -0.155.